The van der Waals surface area contributed by atoms with Crippen LogP contribution in [0.4, 0.5) is 0 Å². The molecule has 2 heteroatoms. The quantitative estimate of drug-likeness (QED) is 0.314. The predicted molar refractivity (Wildman–Crippen MR) is 130 cm³/mol. The summed E-state index contributed by atoms with van der Waals surface area (Å²) in [7, 11) is 1.74. The van der Waals surface area contributed by atoms with E-state index in [1.807, 2.05) is 12.1 Å². The molecule has 0 atom stereocenters. The van der Waals surface area contributed by atoms with E-state index in [4.69, 9.17) is 4.74 Å². The van der Waals surface area contributed by atoms with Gasteiger partial charge in [-0.05, 0) is 24.1 Å². The van der Waals surface area contributed by atoms with Crippen LogP contribution in [0.15, 0.2) is 115 Å². The van der Waals surface area contributed by atoms with E-state index < -0.39 is 0 Å². The van der Waals surface area contributed by atoms with E-state index >= 15 is 0 Å². The monoisotopic (exact) mass is 388 g/mol. The molecule has 0 aliphatic rings. The van der Waals surface area contributed by atoms with Crippen molar-refractivity contribution in [2.45, 2.75) is 6.92 Å². The van der Waals surface area contributed by atoms with Crippen molar-refractivity contribution in [1.29, 1.82) is 0 Å². The standard InChI is InChI=1S/C28H25BO/c1-22(26-20-12-13-21-27(26)30-2)28(23-14-6-3-7-15-23)29(24-16-8-4-9-17-24)25-18-10-5-11-19-25/h3-21H,1-2H3/b28-22-. The molecule has 4 rings (SSSR count). The Hall–Kier alpha value is -3.52. The Morgan fingerprint density at radius 2 is 1.07 bits per heavy atom. The maximum absolute atomic E-state index is 5.71. The molecule has 0 N–H and O–H groups in total. The van der Waals surface area contributed by atoms with Gasteiger partial charge < -0.3 is 4.74 Å². The van der Waals surface area contributed by atoms with Crippen LogP contribution in [0.1, 0.15) is 18.1 Å². The van der Waals surface area contributed by atoms with Crippen molar-refractivity contribution in [3.05, 3.63) is 126 Å². The Labute approximate surface area is 179 Å². The Morgan fingerprint density at radius 3 is 1.60 bits per heavy atom. The third-order valence-corrected chi connectivity index (χ3v) is 5.55. The van der Waals surface area contributed by atoms with Gasteiger partial charge in [0.25, 0.3) is 0 Å². The lowest BCUT2D eigenvalue weighted by molar-refractivity contribution is 0.413. The third-order valence-electron chi connectivity index (χ3n) is 5.55. The second-order valence-corrected chi connectivity index (χ2v) is 7.36. The maximum Gasteiger partial charge on any atom is 0.242 e. The van der Waals surface area contributed by atoms with Crippen molar-refractivity contribution in [2.24, 2.45) is 0 Å². The van der Waals surface area contributed by atoms with Crippen molar-refractivity contribution in [2.75, 3.05) is 7.11 Å². The fraction of sp³-hybridized carbons (Fsp3) is 0.0714. The Kier molecular flexibility index (Phi) is 6.15. The van der Waals surface area contributed by atoms with Crippen LogP contribution in [0.5, 0.6) is 5.75 Å². The van der Waals surface area contributed by atoms with Crippen molar-refractivity contribution in [3.8, 4) is 5.75 Å². The highest BCUT2D eigenvalue weighted by atomic mass is 16.5. The second kappa shape index (κ2) is 9.32. The number of methoxy groups -OCH3 is 1. The molecule has 30 heavy (non-hydrogen) atoms. The maximum atomic E-state index is 5.71. The lowest BCUT2D eigenvalue weighted by atomic mass is 9.34. The number of allylic oxidation sites excluding steroid dienone is 1. The average molecular weight is 388 g/mol. The number of rotatable bonds is 6. The molecule has 0 aliphatic carbocycles. The second-order valence-electron chi connectivity index (χ2n) is 7.36. The van der Waals surface area contributed by atoms with Crippen molar-refractivity contribution >= 4 is 28.7 Å². The van der Waals surface area contributed by atoms with Gasteiger partial charge in [-0.3, -0.25) is 0 Å². The molecule has 0 heterocycles. The van der Waals surface area contributed by atoms with Gasteiger partial charge in [0.05, 0.1) is 7.11 Å². The SMILES string of the molecule is COc1ccccc1/C(C)=C(\B(c1ccccc1)c1ccccc1)c1ccccc1. The minimum atomic E-state index is 0.111. The van der Waals surface area contributed by atoms with Crippen LogP contribution in [0.3, 0.4) is 0 Å². The molecule has 0 amide bonds. The van der Waals surface area contributed by atoms with Crippen LogP contribution in [0.2, 0.25) is 0 Å². The molecule has 0 fully saturated rings. The van der Waals surface area contributed by atoms with Gasteiger partial charge in [0.15, 0.2) is 0 Å². The molecule has 1 nitrogen and oxygen atoms in total. The highest BCUT2D eigenvalue weighted by Crippen LogP contribution is 2.33. The van der Waals surface area contributed by atoms with Gasteiger partial charge in [-0.1, -0.05) is 126 Å². The van der Waals surface area contributed by atoms with Crippen LogP contribution < -0.4 is 15.7 Å². The molecule has 0 unspecified atom stereocenters. The smallest absolute Gasteiger partial charge is 0.242 e. The fourth-order valence-corrected chi connectivity index (χ4v) is 4.13. The molecule has 0 radical (unpaired) electrons. The molecule has 4 aromatic rings. The predicted octanol–water partition coefficient (Wildman–Crippen LogP) is 5.47. The van der Waals surface area contributed by atoms with Crippen LogP contribution in [0, 0.1) is 0 Å². The Morgan fingerprint density at radius 1 is 0.600 bits per heavy atom. The number of ether oxygens (including phenoxy) is 1. The summed E-state index contributed by atoms with van der Waals surface area (Å²) in [6.45, 7) is 2.32. The first kappa shape index (κ1) is 19.8. The van der Waals surface area contributed by atoms with Crippen LogP contribution in [0.25, 0.3) is 11.0 Å². The van der Waals surface area contributed by atoms with Gasteiger partial charge in [-0.2, -0.15) is 0 Å². The minimum Gasteiger partial charge on any atom is -0.496 e. The van der Waals surface area contributed by atoms with Crippen molar-refractivity contribution < 1.29 is 4.74 Å². The molecular weight excluding hydrogens is 363 g/mol. The first-order valence-electron chi connectivity index (χ1n) is 10.3. The van der Waals surface area contributed by atoms with Gasteiger partial charge in [0, 0.05) is 5.56 Å². The molecule has 0 bridgehead atoms. The highest BCUT2D eigenvalue weighted by molar-refractivity contribution is 7.00. The third kappa shape index (κ3) is 4.09. The normalized spacial score (nSPS) is 11.5. The van der Waals surface area contributed by atoms with Crippen LogP contribution >= 0.6 is 0 Å². The molecule has 0 spiro atoms. The first-order chi connectivity index (χ1) is 14.8. The van der Waals surface area contributed by atoms with Gasteiger partial charge >= 0.3 is 0 Å². The summed E-state index contributed by atoms with van der Waals surface area (Å²) in [5, 5.41) is 0. The van der Waals surface area contributed by atoms with Crippen LogP contribution in [-0.2, 0) is 0 Å². The zero-order valence-electron chi connectivity index (χ0n) is 17.5. The molecule has 146 valence electrons. The first-order valence-corrected chi connectivity index (χ1v) is 10.3. The Bertz CT molecular complexity index is 1080. The number of benzene rings is 4. The molecule has 0 aromatic heterocycles. The summed E-state index contributed by atoms with van der Waals surface area (Å²) in [4.78, 5) is 0. The Balaban J connectivity index is 2.03. The van der Waals surface area contributed by atoms with Crippen molar-refractivity contribution in [1.82, 2.24) is 0 Å². The van der Waals surface area contributed by atoms with Gasteiger partial charge in [0.1, 0.15) is 5.75 Å². The van der Waals surface area contributed by atoms with E-state index in [1.54, 1.807) is 7.11 Å². The zero-order valence-corrected chi connectivity index (χ0v) is 17.5. The van der Waals surface area contributed by atoms with E-state index in [0.29, 0.717) is 0 Å². The number of para-hydroxylation sites is 1. The summed E-state index contributed by atoms with van der Waals surface area (Å²) >= 11 is 0. The number of hydrogen-bond acceptors (Lipinski definition) is 1. The van der Waals surface area contributed by atoms with Gasteiger partial charge in [-0.15, -0.1) is 0 Å². The molecule has 0 aliphatic heterocycles. The van der Waals surface area contributed by atoms with Gasteiger partial charge in [-0.25, -0.2) is 0 Å². The molecule has 0 saturated carbocycles. The highest BCUT2D eigenvalue weighted by Gasteiger charge is 2.27. The van der Waals surface area contributed by atoms with E-state index in [0.717, 1.165) is 11.3 Å². The summed E-state index contributed by atoms with van der Waals surface area (Å²) in [6, 6.07) is 40.4. The number of hydrogen-bond donors (Lipinski definition) is 0. The zero-order chi connectivity index (χ0) is 20.8. The fourth-order valence-electron chi connectivity index (χ4n) is 4.13. The van der Waals surface area contributed by atoms with E-state index in [-0.39, 0.29) is 6.71 Å². The molecule has 4 aromatic carbocycles. The molecule has 0 saturated heterocycles. The van der Waals surface area contributed by atoms with Crippen molar-refractivity contribution in [3.63, 3.8) is 0 Å². The largest absolute Gasteiger partial charge is 0.496 e. The molecular formula is C28H25BO. The average Bonchev–Trinajstić information content (AvgIpc) is 2.83. The lowest BCUT2D eigenvalue weighted by Gasteiger charge is -2.23. The summed E-state index contributed by atoms with van der Waals surface area (Å²) in [6.07, 6.45) is 0. The van der Waals surface area contributed by atoms with E-state index in [9.17, 15) is 0 Å². The van der Waals surface area contributed by atoms with E-state index in [1.165, 1.54) is 27.5 Å². The topological polar surface area (TPSA) is 9.23 Å². The van der Waals surface area contributed by atoms with Gasteiger partial charge in [0.2, 0.25) is 6.71 Å². The minimum absolute atomic E-state index is 0.111. The van der Waals surface area contributed by atoms with Crippen LogP contribution in [-0.4, -0.2) is 13.8 Å². The lowest BCUT2D eigenvalue weighted by Crippen LogP contribution is -2.43. The van der Waals surface area contributed by atoms with E-state index in [2.05, 4.69) is 110 Å². The summed E-state index contributed by atoms with van der Waals surface area (Å²) in [5.41, 5.74) is 7.40. The summed E-state index contributed by atoms with van der Waals surface area (Å²) < 4.78 is 5.71. The summed E-state index contributed by atoms with van der Waals surface area (Å²) in [5.74, 6) is 0.892.